The molecule has 1 unspecified atom stereocenters. The number of nitrogens with two attached hydrogens (primary N) is 1. The summed E-state index contributed by atoms with van der Waals surface area (Å²) in [4.78, 5) is 13.6. The molecule has 1 aromatic rings. The van der Waals surface area contributed by atoms with Crippen molar-refractivity contribution in [3.05, 3.63) is 29.8 Å². The van der Waals surface area contributed by atoms with Crippen molar-refractivity contribution >= 4 is 11.6 Å². The van der Waals surface area contributed by atoms with E-state index in [4.69, 9.17) is 5.73 Å². The monoisotopic (exact) mass is 299 g/mol. The molecule has 0 aromatic heterocycles. The van der Waals surface area contributed by atoms with Gasteiger partial charge in [0, 0.05) is 17.8 Å². The van der Waals surface area contributed by atoms with Crippen LogP contribution >= 0.6 is 0 Å². The van der Waals surface area contributed by atoms with Crippen LogP contribution in [0.3, 0.4) is 0 Å². The van der Waals surface area contributed by atoms with E-state index in [0.717, 1.165) is 18.6 Å². The van der Waals surface area contributed by atoms with Crippen LogP contribution in [0.4, 0.5) is 14.5 Å². The molecule has 0 heterocycles. The Morgan fingerprint density at radius 3 is 2.57 bits per heavy atom. The van der Waals surface area contributed by atoms with Crippen LogP contribution in [-0.2, 0) is 4.79 Å². The van der Waals surface area contributed by atoms with Crippen molar-refractivity contribution in [1.82, 2.24) is 4.90 Å². The number of halogens is 2. The van der Waals surface area contributed by atoms with Crippen molar-refractivity contribution in [3.8, 4) is 0 Å². The Morgan fingerprint density at radius 2 is 2.00 bits per heavy atom. The number of nitrogens with one attached hydrogen (secondary N) is 1. The molecule has 0 radical (unpaired) electrons. The topological polar surface area (TPSA) is 58.4 Å². The molecule has 1 atom stereocenters. The number of amides is 1. The average molecular weight is 299 g/mol. The van der Waals surface area contributed by atoms with E-state index >= 15 is 0 Å². The maximum atomic E-state index is 13.0. The lowest BCUT2D eigenvalue weighted by atomic mass is 10.0. The molecule has 0 bridgehead atoms. The summed E-state index contributed by atoms with van der Waals surface area (Å²) in [5.74, 6) is -1.80. The summed E-state index contributed by atoms with van der Waals surface area (Å²) in [5.41, 5.74) is 6.19. The Morgan fingerprint density at radius 1 is 1.33 bits per heavy atom. The Kier molecular flexibility index (Phi) is 6.71. The first-order valence-electron chi connectivity index (χ1n) is 6.98. The summed E-state index contributed by atoms with van der Waals surface area (Å²) in [6.07, 6.45) is 0.798. The third-order valence-corrected chi connectivity index (χ3v) is 3.32. The van der Waals surface area contributed by atoms with E-state index in [2.05, 4.69) is 19.2 Å². The first-order valence-corrected chi connectivity index (χ1v) is 6.98. The van der Waals surface area contributed by atoms with Gasteiger partial charge in [0.1, 0.15) is 0 Å². The zero-order valence-corrected chi connectivity index (χ0v) is 12.7. The summed E-state index contributed by atoms with van der Waals surface area (Å²) < 4.78 is 25.8. The fraction of sp³-hybridized carbons (Fsp3) is 0.533. The molecule has 1 amide bonds. The molecular formula is C15H23F2N3O. The minimum Gasteiger partial charge on any atom is -0.327 e. The van der Waals surface area contributed by atoms with Gasteiger partial charge in [-0.25, -0.2) is 8.78 Å². The third kappa shape index (κ3) is 6.18. The van der Waals surface area contributed by atoms with Crippen molar-refractivity contribution in [3.63, 3.8) is 0 Å². The van der Waals surface area contributed by atoms with E-state index in [-0.39, 0.29) is 24.2 Å². The van der Waals surface area contributed by atoms with Crippen LogP contribution < -0.4 is 11.1 Å². The maximum absolute atomic E-state index is 13.0. The van der Waals surface area contributed by atoms with Gasteiger partial charge in [-0.3, -0.25) is 9.69 Å². The van der Waals surface area contributed by atoms with Gasteiger partial charge in [0.05, 0.1) is 6.54 Å². The van der Waals surface area contributed by atoms with Crippen molar-refractivity contribution in [2.75, 3.05) is 25.5 Å². The van der Waals surface area contributed by atoms with Crippen molar-refractivity contribution in [1.29, 1.82) is 0 Å². The number of carbonyl (C=O) groups is 1. The maximum Gasteiger partial charge on any atom is 0.238 e. The number of carbonyl (C=O) groups excluding carboxylic acids is 1. The largest absolute Gasteiger partial charge is 0.327 e. The number of rotatable bonds is 7. The first kappa shape index (κ1) is 17.5. The third-order valence-electron chi connectivity index (χ3n) is 3.32. The van der Waals surface area contributed by atoms with Crippen LogP contribution in [0, 0.1) is 17.6 Å². The summed E-state index contributed by atoms with van der Waals surface area (Å²) in [6.45, 7) is 4.98. The minimum atomic E-state index is -0.982. The molecule has 3 N–H and O–H groups in total. The zero-order chi connectivity index (χ0) is 16.0. The predicted molar refractivity (Wildman–Crippen MR) is 79.9 cm³/mol. The van der Waals surface area contributed by atoms with E-state index in [1.807, 2.05) is 11.9 Å². The van der Waals surface area contributed by atoms with E-state index < -0.39 is 11.6 Å². The molecule has 0 saturated heterocycles. The van der Waals surface area contributed by atoms with Crippen LogP contribution in [0.1, 0.15) is 20.3 Å². The molecule has 0 aliphatic heterocycles. The summed E-state index contributed by atoms with van der Waals surface area (Å²) in [6, 6.07) is 3.37. The number of anilines is 1. The molecule has 1 rings (SSSR count). The normalized spacial score (nSPS) is 12.8. The Bertz CT molecular complexity index is 480. The fourth-order valence-electron chi connectivity index (χ4n) is 1.80. The van der Waals surface area contributed by atoms with Gasteiger partial charge in [0.2, 0.25) is 5.91 Å². The number of hydrogen-bond donors (Lipinski definition) is 2. The highest BCUT2D eigenvalue weighted by molar-refractivity contribution is 5.92. The summed E-state index contributed by atoms with van der Waals surface area (Å²) in [5, 5.41) is 2.53. The van der Waals surface area contributed by atoms with Crippen molar-refractivity contribution in [2.24, 2.45) is 11.7 Å². The highest BCUT2D eigenvalue weighted by Crippen LogP contribution is 2.13. The molecule has 0 saturated carbocycles. The smallest absolute Gasteiger partial charge is 0.238 e. The highest BCUT2D eigenvalue weighted by atomic mass is 19.2. The van der Waals surface area contributed by atoms with Gasteiger partial charge in [0.25, 0.3) is 0 Å². The number of nitrogens with zero attached hydrogens (tertiary/aromatic N) is 1. The van der Waals surface area contributed by atoms with Crippen molar-refractivity contribution in [2.45, 2.75) is 26.3 Å². The van der Waals surface area contributed by atoms with E-state index in [1.165, 1.54) is 6.07 Å². The highest BCUT2D eigenvalue weighted by Gasteiger charge is 2.12. The molecule has 1 aromatic carbocycles. The molecule has 21 heavy (non-hydrogen) atoms. The van der Waals surface area contributed by atoms with Crippen LogP contribution in [-0.4, -0.2) is 37.0 Å². The van der Waals surface area contributed by atoms with Crippen LogP contribution in [0.25, 0.3) is 0 Å². The molecule has 4 nitrogen and oxygen atoms in total. The number of benzene rings is 1. The molecule has 0 aliphatic carbocycles. The molecule has 118 valence electrons. The summed E-state index contributed by atoms with van der Waals surface area (Å²) in [7, 11) is 1.82. The van der Waals surface area contributed by atoms with Gasteiger partial charge in [-0.05, 0) is 38.1 Å². The van der Waals surface area contributed by atoms with Crippen LogP contribution in [0.5, 0.6) is 0 Å². The lowest BCUT2D eigenvalue weighted by Crippen LogP contribution is -2.35. The second-order valence-electron chi connectivity index (χ2n) is 5.61. The number of likely N-dealkylation sites (N-methyl/N-ethyl adjacent to an activating group) is 1. The van der Waals surface area contributed by atoms with Crippen LogP contribution in [0.15, 0.2) is 18.2 Å². The fourth-order valence-corrected chi connectivity index (χ4v) is 1.80. The first-order chi connectivity index (χ1) is 9.79. The van der Waals surface area contributed by atoms with Gasteiger partial charge >= 0.3 is 0 Å². The van der Waals surface area contributed by atoms with Gasteiger partial charge in [0.15, 0.2) is 11.6 Å². The molecular weight excluding hydrogens is 276 g/mol. The van der Waals surface area contributed by atoms with Gasteiger partial charge < -0.3 is 11.1 Å². The van der Waals surface area contributed by atoms with E-state index in [9.17, 15) is 13.6 Å². The SMILES string of the molecule is CC(C)C(N)CCN(C)CC(=O)Nc1ccc(F)c(F)c1. The molecule has 0 aliphatic rings. The Hall–Kier alpha value is -1.53. The molecule has 0 fully saturated rings. The second kappa shape index (κ2) is 8.05. The van der Waals surface area contributed by atoms with E-state index in [1.54, 1.807) is 0 Å². The van der Waals surface area contributed by atoms with Gasteiger partial charge in [-0.2, -0.15) is 0 Å². The quantitative estimate of drug-likeness (QED) is 0.811. The van der Waals surface area contributed by atoms with Crippen molar-refractivity contribution < 1.29 is 13.6 Å². The van der Waals surface area contributed by atoms with Crippen LogP contribution in [0.2, 0.25) is 0 Å². The van der Waals surface area contributed by atoms with Gasteiger partial charge in [-0.15, -0.1) is 0 Å². The molecule has 0 spiro atoms. The summed E-state index contributed by atoms with van der Waals surface area (Å²) >= 11 is 0. The zero-order valence-electron chi connectivity index (χ0n) is 12.7. The predicted octanol–water partition coefficient (Wildman–Crippen LogP) is 2.21. The Balaban J connectivity index is 2.40. The lowest BCUT2D eigenvalue weighted by Gasteiger charge is -2.20. The lowest BCUT2D eigenvalue weighted by molar-refractivity contribution is -0.117. The number of hydrogen-bond acceptors (Lipinski definition) is 3. The molecule has 6 heteroatoms. The second-order valence-corrected chi connectivity index (χ2v) is 5.61. The average Bonchev–Trinajstić information content (AvgIpc) is 2.40. The standard InChI is InChI=1S/C15H23F2N3O/c1-10(2)14(18)6-7-20(3)9-15(21)19-11-4-5-12(16)13(17)8-11/h4-5,8,10,14H,6-7,9,18H2,1-3H3,(H,19,21). The van der Waals surface area contributed by atoms with Gasteiger partial charge in [-0.1, -0.05) is 13.8 Å². The Labute approximate surface area is 124 Å². The van der Waals surface area contributed by atoms with E-state index in [0.29, 0.717) is 12.5 Å². The minimum absolute atomic E-state index is 0.0988.